The molecule has 2 aliphatic rings. The minimum Gasteiger partial charge on any atom is -0.444 e. The van der Waals surface area contributed by atoms with E-state index in [9.17, 15) is 4.79 Å². The summed E-state index contributed by atoms with van der Waals surface area (Å²) in [7, 11) is 0. The number of aromatic nitrogens is 4. The number of nitrogens with one attached hydrogen (secondary N) is 1. The van der Waals surface area contributed by atoms with Crippen LogP contribution in [0.15, 0.2) is 0 Å². The number of amides is 1. The van der Waals surface area contributed by atoms with Crippen LogP contribution in [-0.2, 0) is 11.3 Å². The van der Waals surface area contributed by atoms with Crippen molar-refractivity contribution in [3.63, 3.8) is 0 Å². The highest BCUT2D eigenvalue weighted by Crippen LogP contribution is 2.25. The predicted molar refractivity (Wildman–Crippen MR) is 80.4 cm³/mol. The molecule has 1 atom stereocenters. The topological polar surface area (TPSA) is 85.2 Å². The predicted octanol–water partition coefficient (Wildman–Crippen LogP) is 1.65. The third kappa shape index (κ3) is 3.66. The van der Waals surface area contributed by atoms with E-state index in [0.29, 0.717) is 18.5 Å². The molecule has 0 radical (unpaired) electrons. The van der Waals surface area contributed by atoms with Gasteiger partial charge >= 0.3 is 6.09 Å². The van der Waals surface area contributed by atoms with Crippen LogP contribution in [0.25, 0.3) is 0 Å². The lowest BCUT2D eigenvalue weighted by molar-refractivity contribution is 0.0211. The van der Waals surface area contributed by atoms with Gasteiger partial charge < -0.3 is 15.0 Å². The molecule has 0 bridgehead atoms. The molecule has 0 unspecified atom stereocenters. The van der Waals surface area contributed by atoms with Crippen molar-refractivity contribution in [3.8, 4) is 0 Å². The normalized spacial score (nSPS) is 22.0. The number of ether oxygens (including phenoxy) is 1. The Bertz CT molecular complexity index is 534. The lowest BCUT2D eigenvalue weighted by Gasteiger charge is -2.28. The minimum atomic E-state index is -0.474. The Balaban J connectivity index is 1.63. The average Bonchev–Trinajstić information content (AvgIpc) is 2.93. The fourth-order valence-corrected chi connectivity index (χ4v) is 2.63. The van der Waals surface area contributed by atoms with Crippen molar-refractivity contribution >= 4 is 12.0 Å². The zero-order valence-electron chi connectivity index (χ0n) is 13.4. The van der Waals surface area contributed by atoms with Crippen LogP contribution in [0.3, 0.4) is 0 Å². The Morgan fingerprint density at radius 1 is 1.36 bits per heavy atom. The maximum Gasteiger partial charge on any atom is 0.410 e. The first kappa shape index (κ1) is 15.1. The van der Waals surface area contributed by atoms with Gasteiger partial charge in [0.1, 0.15) is 5.60 Å². The minimum absolute atomic E-state index is 0.0816. The SMILES string of the molecule is CC(C)(C)OC(=O)N1CCC[C@H]1Cn1nnnc1NC1CC1. The maximum atomic E-state index is 12.3. The molecule has 22 heavy (non-hydrogen) atoms. The lowest BCUT2D eigenvalue weighted by Crippen LogP contribution is -2.41. The molecule has 8 heteroatoms. The molecule has 3 rings (SSSR count). The third-order valence-electron chi connectivity index (χ3n) is 3.83. The number of anilines is 1. The number of likely N-dealkylation sites (tertiary alicyclic amines) is 1. The van der Waals surface area contributed by atoms with Crippen molar-refractivity contribution in [2.75, 3.05) is 11.9 Å². The molecule has 0 aromatic carbocycles. The van der Waals surface area contributed by atoms with Crippen molar-refractivity contribution < 1.29 is 9.53 Å². The molecule has 2 fully saturated rings. The van der Waals surface area contributed by atoms with E-state index in [2.05, 4.69) is 20.8 Å². The lowest BCUT2D eigenvalue weighted by atomic mass is 10.2. The second-order valence-electron chi connectivity index (χ2n) is 7.07. The van der Waals surface area contributed by atoms with Crippen LogP contribution in [0.1, 0.15) is 46.5 Å². The molecule has 1 aliphatic heterocycles. The highest BCUT2D eigenvalue weighted by molar-refractivity contribution is 5.68. The van der Waals surface area contributed by atoms with Gasteiger partial charge in [-0.3, -0.25) is 0 Å². The quantitative estimate of drug-likeness (QED) is 0.910. The number of hydrogen-bond donors (Lipinski definition) is 1. The molecule has 1 aromatic heterocycles. The summed E-state index contributed by atoms with van der Waals surface area (Å²) in [5.74, 6) is 0.693. The summed E-state index contributed by atoms with van der Waals surface area (Å²) in [5.41, 5.74) is -0.474. The molecule has 2 heterocycles. The maximum absolute atomic E-state index is 12.3. The number of rotatable bonds is 4. The van der Waals surface area contributed by atoms with Gasteiger partial charge in [0.15, 0.2) is 0 Å². The molecular formula is C14H24N6O2. The molecule has 1 saturated heterocycles. The van der Waals surface area contributed by atoms with E-state index in [4.69, 9.17) is 4.74 Å². The summed E-state index contributed by atoms with van der Waals surface area (Å²) < 4.78 is 7.24. The number of carbonyl (C=O) groups excluding carboxylic acids is 1. The highest BCUT2D eigenvalue weighted by Gasteiger charge is 2.33. The van der Waals surface area contributed by atoms with Crippen LogP contribution in [-0.4, -0.2) is 55.4 Å². The van der Waals surface area contributed by atoms with Crippen LogP contribution in [0.4, 0.5) is 10.7 Å². The van der Waals surface area contributed by atoms with E-state index < -0.39 is 5.60 Å². The van der Waals surface area contributed by atoms with E-state index in [1.54, 1.807) is 9.58 Å². The molecule has 8 nitrogen and oxygen atoms in total. The van der Waals surface area contributed by atoms with Crippen molar-refractivity contribution in [1.29, 1.82) is 0 Å². The zero-order chi connectivity index (χ0) is 15.7. The Morgan fingerprint density at radius 2 is 2.14 bits per heavy atom. The molecule has 1 saturated carbocycles. The van der Waals surface area contributed by atoms with E-state index in [1.165, 1.54) is 12.8 Å². The molecule has 0 spiro atoms. The van der Waals surface area contributed by atoms with Gasteiger partial charge in [-0.05, 0) is 56.9 Å². The van der Waals surface area contributed by atoms with Gasteiger partial charge in [0.25, 0.3) is 0 Å². The molecule has 1 amide bonds. The number of tetrazole rings is 1. The first-order valence-electron chi connectivity index (χ1n) is 7.95. The Hall–Kier alpha value is -1.86. The first-order valence-corrected chi connectivity index (χ1v) is 7.95. The number of nitrogens with zero attached hydrogens (tertiary/aromatic N) is 5. The summed E-state index contributed by atoms with van der Waals surface area (Å²) in [6.45, 7) is 6.98. The van der Waals surface area contributed by atoms with Gasteiger partial charge in [-0.1, -0.05) is 5.10 Å². The largest absolute Gasteiger partial charge is 0.444 e. The van der Waals surface area contributed by atoms with Crippen molar-refractivity contribution in [3.05, 3.63) is 0 Å². The monoisotopic (exact) mass is 308 g/mol. The van der Waals surface area contributed by atoms with Crippen LogP contribution in [0, 0.1) is 0 Å². The van der Waals surface area contributed by atoms with Crippen LogP contribution < -0.4 is 5.32 Å². The summed E-state index contributed by atoms with van der Waals surface area (Å²) in [5, 5.41) is 15.1. The summed E-state index contributed by atoms with van der Waals surface area (Å²) in [6.07, 6.45) is 4.01. The third-order valence-corrected chi connectivity index (χ3v) is 3.83. The first-order chi connectivity index (χ1) is 10.4. The van der Waals surface area contributed by atoms with Crippen LogP contribution in [0.5, 0.6) is 0 Å². The fraction of sp³-hybridized carbons (Fsp3) is 0.857. The second kappa shape index (κ2) is 5.73. The fourth-order valence-electron chi connectivity index (χ4n) is 2.63. The van der Waals surface area contributed by atoms with E-state index in [0.717, 1.165) is 19.4 Å². The van der Waals surface area contributed by atoms with E-state index >= 15 is 0 Å². The molecule has 122 valence electrons. The van der Waals surface area contributed by atoms with Gasteiger partial charge in [0, 0.05) is 12.6 Å². The molecule has 1 N–H and O–H groups in total. The number of hydrogen-bond acceptors (Lipinski definition) is 6. The van der Waals surface area contributed by atoms with Gasteiger partial charge in [0.05, 0.1) is 12.6 Å². The Labute approximate surface area is 130 Å². The van der Waals surface area contributed by atoms with Gasteiger partial charge in [0.2, 0.25) is 5.95 Å². The standard InChI is InChI=1S/C14H24N6O2/c1-14(2,3)22-13(21)19-8-4-5-11(19)9-20-12(16-17-18-20)15-10-6-7-10/h10-11H,4-9H2,1-3H3,(H,15,16,18)/t11-/m0/s1. The van der Waals surface area contributed by atoms with Gasteiger partial charge in [-0.15, -0.1) is 0 Å². The average molecular weight is 308 g/mol. The van der Waals surface area contributed by atoms with E-state index in [-0.39, 0.29) is 12.1 Å². The molecular weight excluding hydrogens is 284 g/mol. The Morgan fingerprint density at radius 3 is 2.82 bits per heavy atom. The smallest absolute Gasteiger partial charge is 0.410 e. The number of carbonyl (C=O) groups is 1. The zero-order valence-corrected chi connectivity index (χ0v) is 13.4. The second-order valence-corrected chi connectivity index (χ2v) is 7.07. The summed E-state index contributed by atoms with van der Waals surface area (Å²) in [4.78, 5) is 14.1. The van der Waals surface area contributed by atoms with Crippen molar-refractivity contribution in [1.82, 2.24) is 25.1 Å². The summed E-state index contributed by atoms with van der Waals surface area (Å²) in [6, 6.07) is 0.577. The Kier molecular flexibility index (Phi) is 3.92. The highest BCUT2D eigenvalue weighted by atomic mass is 16.6. The van der Waals surface area contributed by atoms with Crippen molar-refractivity contribution in [2.45, 2.75) is 70.7 Å². The van der Waals surface area contributed by atoms with Crippen LogP contribution in [0.2, 0.25) is 0 Å². The summed E-state index contributed by atoms with van der Waals surface area (Å²) >= 11 is 0. The molecule has 1 aliphatic carbocycles. The van der Waals surface area contributed by atoms with Gasteiger partial charge in [-0.25, -0.2) is 9.48 Å². The van der Waals surface area contributed by atoms with Gasteiger partial charge in [-0.2, -0.15) is 0 Å². The molecule has 1 aromatic rings. The van der Waals surface area contributed by atoms with E-state index in [1.807, 2.05) is 20.8 Å². The van der Waals surface area contributed by atoms with Crippen LogP contribution >= 0.6 is 0 Å². The van der Waals surface area contributed by atoms with Crippen molar-refractivity contribution in [2.24, 2.45) is 0 Å².